The van der Waals surface area contributed by atoms with Crippen molar-refractivity contribution in [2.24, 2.45) is 0 Å². The second-order valence-corrected chi connectivity index (χ2v) is 5.45. The predicted octanol–water partition coefficient (Wildman–Crippen LogP) is 0.956. The average Bonchev–Trinajstić information content (AvgIpc) is 1.91. The van der Waals surface area contributed by atoms with Crippen molar-refractivity contribution >= 4 is 4.16 Å². The first-order valence-corrected chi connectivity index (χ1v) is 5.66. The van der Waals surface area contributed by atoms with Crippen LogP contribution >= 0.6 is 0 Å². The molecule has 0 amide bonds. The minimum absolute atomic E-state index is 0.790. The van der Waals surface area contributed by atoms with Gasteiger partial charge in [-0.3, -0.25) is 0 Å². The van der Waals surface area contributed by atoms with Crippen LogP contribution in [0.1, 0.15) is 0 Å². The number of hydrogen-bond donors (Lipinski definition) is 0. The summed E-state index contributed by atoms with van der Waals surface area (Å²) in [5.41, 5.74) is 0. The standard InChI is InChI=1S/C6H5.CH3O.Zn/c1-2-4-6-5-3-1;1-2;/h1-5H;1H3;/q;-1;+1. The molecule has 0 radical (unpaired) electrons. The van der Waals surface area contributed by atoms with Crippen LogP contribution in [-0.4, -0.2) is 7.11 Å². The van der Waals surface area contributed by atoms with Gasteiger partial charge in [0.25, 0.3) is 0 Å². The van der Waals surface area contributed by atoms with Gasteiger partial charge < -0.3 is 0 Å². The van der Waals surface area contributed by atoms with Crippen LogP contribution in [0.15, 0.2) is 30.3 Å². The van der Waals surface area contributed by atoms with Crippen LogP contribution in [0, 0.1) is 0 Å². The predicted molar refractivity (Wildman–Crippen MR) is 33.1 cm³/mol. The molecule has 1 aromatic rings. The third kappa shape index (κ3) is 2.25. The van der Waals surface area contributed by atoms with Gasteiger partial charge in [-0.25, -0.2) is 0 Å². The Hall–Kier alpha value is -0.197. The molecule has 0 heterocycles. The molecule has 9 heavy (non-hydrogen) atoms. The number of rotatable bonds is 2. The molecular formula is C7H8OZn. The molecule has 0 saturated heterocycles. The van der Waals surface area contributed by atoms with E-state index in [1.165, 1.54) is 4.16 Å². The van der Waals surface area contributed by atoms with Gasteiger partial charge in [-0.2, -0.15) is 0 Å². The Morgan fingerprint density at radius 2 is 1.89 bits per heavy atom. The van der Waals surface area contributed by atoms with E-state index in [0.29, 0.717) is 0 Å². The Balaban J connectivity index is 2.61. The molecule has 0 saturated carbocycles. The Bertz CT molecular complexity index is 162. The quantitative estimate of drug-likeness (QED) is 0.606. The molecule has 1 nitrogen and oxygen atoms in total. The molecule has 0 atom stereocenters. The first-order valence-electron chi connectivity index (χ1n) is 2.96. The summed E-state index contributed by atoms with van der Waals surface area (Å²) in [7, 11) is 1.78. The first-order chi connectivity index (χ1) is 4.43. The molecule has 0 aliphatic rings. The van der Waals surface area contributed by atoms with Crippen LogP contribution in [0.4, 0.5) is 0 Å². The zero-order valence-corrected chi connectivity index (χ0v) is 8.47. The molecule has 0 N–H and O–H groups in total. The molecule has 0 aromatic heterocycles. The maximum atomic E-state index is 5.12. The normalized spacial score (nSPS) is 8.56. The van der Waals surface area contributed by atoms with E-state index in [-0.39, 0.29) is 0 Å². The van der Waals surface area contributed by atoms with E-state index in [4.69, 9.17) is 3.56 Å². The second-order valence-electron chi connectivity index (χ2n) is 1.92. The molecule has 1 aromatic carbocycles. The van der Waals surface area contributed by atoms with Gasteiger partial charge in [0, 0.05) is 0 Å². The van der Waals surface area contributed by atoms with Crippen molar-refractivity contribution in [3.05, 3.63) is 30.3 Å². The fourth-order valence-corrected chi connectivity index (χ4v) is 2.42. The molecule has 1 rings (SSSR count). The van der Waals surface area contributed by atoms with Crippen LogP contribution in [0.3, 0.4) is 0 Å². The summed E-state index contributed by atoms with van der Waals surface area (Å²) in [6, 6.07) is 10.4. The summed E-state index contributed by atoms with van der Waals surface area (Å²) in [6.45, 7) is 0. The molecular weight excluding hydrogens is 165 g/mol. The minimum atomic E-state index is -0.790. The summed E-state index contributed by atoms with van der Waals surface area (Å²) >= 11 is -0.790. The van der Waals surface area contributed by atoms with Crippen molar-refractivity contribution in [1.82, 2.24) is 0 Å². The fraction of sp³-hybridized carbons (Fsp3) is 0.143. The van der Waals surface area contributed by atoms with Crippen LogP contribution in [0.5, 0.6) is 0 Å². The van der Waals surface area contributed by atoms with Gasteiger partial charge in [0.1, 0.15) is 0 Å². The summed E-state index contributed by atoms with van der Waals surface area (Å²) in [5, 5.41) is 0. The summed E-state index contributed by atoms with van der Waals surface area (Å²) in [4.78, 5) is 0. The van der Waals surface area contributed by atoms with E-state index >= 15 is 0 Å². The van der Waals surface area contributed by atoms with Gasteiger partial charge in [0.15, 0.2) is 0 Å². The Morgan fingerprint density at radius 3 is 2.44 bits per heavy atom. The molecule has 44 valence electrons. The SMILES string of the molecule is C[O][Zn][c]1ccccc1. The van der Waals surface area contributed by atoms with E-state index in [2.05, 4.69) is 24.3 Å². The fourth-order valence-electron chi connectivity index (χ4n) is 0.741. The Morgan fingerprint density at radius 1 is 1.22 bits per heavy atom. The molecule has 0 fully saturated rings. The van der Waals surface area contributed by atoms with Crippen molar-refractivity contribution < 1.29 is 21.1 Å². The van der Waals surface area contributed by atoms with Crippen LogP contribution < -0.4 is 4.16 Å². The van der Waals surface area contributed by atoms with Gasteiger partial charge in [0.2, 0.25) is 0 Å². The Kier molecular flexibility index (Phi) is 2.89. The average molecular weight is 174 g/mol. The third-order valence-electron chi connectivity index (χ3n) is 1.15. The first kappa shape index (κ1) is 6.92. The summed E-state index contributed by atoms with van der Waals surface area (Å²) in [5.74, 6) is 0. The second kappa shape index (κ2) is 3.76. The van der Waals surface area contributed by atoms with E-state index in [1.54, 1.807) is 7.11 Å². The summed E-state index contributed by atoms with van der Waals surface area (Å²) < 4.78 is 6.53. The van der Waals surface area contributed by atoms with Gasteiger partial charge in [0.05, 0.1) is 0 Å². The van der Waals surface area contributed by atoms with Crippen LogP contribution in [0.25, 0.3) is 0 Å². The van der Waals surface area contributed by atoms with Gasteiger partial charge in [-0.15, -0.1) is 0 Å². The van der Waals surface area contributed by atoms with Gasteiger partial charge in [-0.05, 0) is 0 Å². The molecule has 0 spiro atoms. The zero-order valence-electron chi connectivity index (χ0n) is 5.50. The molecule has 0 aliphatic heterocycles. The van der Waals surface area contributed by atoms with Crippen molar-refractivity contribution in [2.45, 2.75) is 0 Å². The van der Waals surface area contributed by atoms with Crippen molar-refractivity contribution in [3.63, 3.8) is 0 Å². The molecule has 2 heteroatoms. The van der Waals surface area contributed by atoms with Gasteiger partial charge >= 0.3 is 62.6 Å². The van der Waals surface area contributed by atoms with Crippen LogP contribution in [0.2, 0.25) is 0 Å². The van der Waals surface area contributed by atoms with E-state index in [0.717, 1.165) is 0 Å². The zero-order chi connectivity index (χ0) is 6.53. The molecule has 0 unspecified atom stereocenters. The topological polar surface area (TPSA) is 9.23 Å². The molecule has 0 bridgehead atoms. The number of hydrogen-bond acceptors (Lipinski definition) is 1. The van der Waals surface area contributed by atoms with E-state index in [1.807, 2.05) is 6.07 Å². The summed E-state index contributed by atoms with van der Waals surface area (Å²) in [6.07, 6.45) is 0. The van der Waals surface area contributed by atoms with Crippen molar-refractivity contribution in [3.8, 4) is 0 Å². The third-order valence-corrected chi connectivity index (χ3v) is 3.45. The van der Waals surface area contributed by atoms with Crippen LogP contribution in [-0.2, 0) is 21.1 Å². The molecule has 0 aliphatic carbocycles. The van der Waals surface area contributed by atoms with E-state index in [9.17, 15) is 0 Å². The van der Waals surface area contributed by atoms with Gasteiger partial charge in [-0.1, -0.05) is 0 Å². The van der Waals surface area contributed by atoms with Crippen molar-refractivity contribution in [1.29, 1.82) is 0 Å². The van der Waals surface area contributed by atoms with Crippen molar-refractivity contribution in [2.75, 3.05) is 7.11 Å². The van der Waals surface area contributed by atoms with E-state index < -0.39 is 17.5 Å². The monoisotopic (exact) mass is 172 g/mol. The Labute approximate surface area is 63.0 Å². The number of benzene rings is 1. The maximum absolute atomic E-state index is 5.12.